The van der Waals surface area contributed by atoms with Crippen molar-refractivity contribution in [2.75, 3.05) is 0 Å². The van der Waals surface area contributed by atoms with E-state index in [9.17, 15) is 9.90 Å². The minimum atomic E-state index is -0.541. The van der Waals surface area contributed by atoms with E-state index in [-0.39, 0.29) is 5.92 Å². The first kappa shape index (κ1) is 13.1. The van der Waals surface area contributed by atoms with Crippen molar-refractivity contribution in [2.45, 2.75) is 59.0 Å². The van der Waals surface area contributed by atoms with Gasteiger partial charge in [0.2, 0.25) is 0 Å². The zero-order valence-corrected chi connectivity index (χ0v) is 11.6. The summed E-state index contributed by atoms with van der Waals surface area (Å²) in [6.07, 6.45) is 4.01. The van der Waals surface area contributed by atoms with Gasteiger partial charge in [-0.2, -0.15) is 0 Å². The first-order valence-corrected chi connectivity index (χ1v) is 7.07. The van der Waals surface area contributed by atoms with E-state index < -0.39 is 5.60 Å². The van der Waals surface area contributed by atoms with Crippen LogP contribution in [0.15, 0.2) is 0 Å². The van der Waals surface area contributed by atoms with E-state index in [4.69, 9.17) is 0 Å². The maximum absolute atomic E-state index is 11.8. The quantitative estimate of drug-likeness (QED) is 0.803. The Balaban J connectivity index is 2.28. The summed E-state index contributed by atoms with van der Waals surface area (Å²) < 4.78 is 0. The molecule has 0 radical (unpaired) electrons. The number of carbonyl (C=O) groups is 1. The van der Waals surface area contributed by atoms with Gasteiger partial charge in [0, 0.05) is 5.92 Å². The van der Waals surface area contributed by atoms with Gasteiger partial charge < -0.3 is 5.11 Å². The summed E-state index contributed by atoms with van der Waals surface area (Å²) in [5, 5.41) is 10.5. The van der Waals surface area contributed by atoms with Gasteiger partial charge in [-0.15, -0.1) is 0 Å². The SMILES string of the molecule is CC(=O)[C@H]1CC[C@H]2[C@H]1[C@H](C(C)C)CC[C@@]2(C)O. The van der Waals surface area contributed by atoms with Gasteiger partial charge in [-0.1, -0.05) is 13.8 Å². The highest BCUT2D eigenvalue weighted by molar-refractivity contribution is 5.79. The Bertz CT molecular complexity index is 306. The number of fused-ring (bicyclic) bond motifs is 1. The van der Waals surface area contributed by atoms with Crippen molar-refractivity contribution in [1.82, 2.24) is 0 Å². The molecule has 0 amide bonds. The Morgan fingerprint density at radius 1 is 1.29 bits per heavy atom. The van der Waals surface area contributed by atoms with Crippen molar-refractivity contribution >= 4 is 5.78 Å². The van der Waals surface area contributed by atoms with E-state index in [1.165, 1.54) is 0 Å². The largest absolute Gasteiger partial charge is 0.390 e. The summed E-state index contributed by atoms with van der Waals surface area (Å²) in [6.45, 7) is 8.23. The summed E-state index contributed by atoms with van der Waals surface area (Å²) in [4.78, 5) is 11.8. The molecule has 2 aliphatic carbocycles. The summed E-state index contributed by atoms with van der Waals surface area (Å²) >= 11 is 0. The average Bonchev–Trinajstić information content (AvgIpc) is 2.62. The fourth-order valence-corrected chi connectivity index (χ4v) is 4.44. The number of hydrogen-bond acceptors (Lipinski definition) is 2. The molecule has 2 aliphatic rings. The maximum Gasteiger partial charge on any atom is 0.133 e. The molecular formula is C15H26O2. The molecule has 2 rings (SSSR count). The zero-order valence-electron chi connectivity index (χ0n) is 11.6. The van der Waals surface area contributed by atoms with Crippen LogP contribution in [0, 0.1) is 29.6 Å². The van der Waals surface area contributed by atoms with E-state index in [1.54, 1.807) is 6.92 Å². The van der Waals surface area contributed by atoms with Crippen molar-refractivity contribution in [1.29, 1.82) is 0 Å². The standard InChI is InChI=1S/C15H26O2/c1-9(2)11-7-8-15(4,17)13-6-5-12(10(3)16)14(11)13/h9,11-14,17H,5-8H2,1-4H3/t11-,12+,13-,14-,15+/m0/s1. The van der Waals surface area contributed by atoms with Crippen LogP contribution < -0.4 is 0 Å². The van der Waals surface area contributed by atoms with Gasteiger partial charge in [-0.25, -0.2) is 0 Å². The zero-order chi connectivity index (χ0) is 12.8. The van der Waals surface area contributed by atoms with Crippen molar-refractivity contribution in [3.05, 3.63) is 0 Å². The molecule has 0 aliphatic heterocycles. The van der Waals surface area contributed by atoms with Crippen LogP contribution in [0.2, 0.25) is 0 Å². The Kier molecular flexibility index (Phi) is 3.37. The van der Waals surface area contributed by atoms with Gasteiger partial charge >= 0.3 is 0 Å². The molecule has 0 spiro atoms. The van der Waals surface area contributed by atoms with Crippen LogP contribution in [0.1, 0.15) is 53.4 Å². The molecular weight excluding hydrogens is 212 g/mol. The minimum Gasteiger partial charge on any atom is -0.390 e. The molecule has 2 heteroatoms. The molecule has 0 aromatic carbocycles. The van der Waals surface area contributed by atoms with Gasteiger partial charge in [-0.05, 0) is 63.2 Å². The second-order valence-corrected chi connectivity index (χ2v) is 6.78. The predicted molar refractivity (Wildman–Crippen MR) is 68.6 cm³/mol. The molecule has 2 saturated carbocycles. The third kappa shape index (κ3) is 2.16. The number of aliphatic hydroxyl groups is 1. The molecule has 0 aromatic heterocycles. The van der Waals surface area contributed by atoms with Crippen molar-refractivity contribution in [3.63, 3.8) is 0 Å². The fourth-order valence-electron chi connectivity index (χ4n) is 4.44. The normalized spacial score (nSPS) is 46.0. The summed E-state index contributed by atoms with van der Waals surface area (Å²) in [6, 6.07) is 0. The van der Waals surface area contributed by atoms with E-state index in [0.717, 1.165) is 25.7 Å². The van der Waals surface area contributed by atoms with Crippen LogP contribution in [-0.2, 0) is 4.79 Å². The number of hydrogen-bond donors (Lipinski definition) is 1. The van der Waals surface area contributed by atoms with E-state index >= 15 is 0 Å². The minimum absolute atomic E-state index is 0.208. The maximum atomic E-state index is 11.8. The molecule has 0 bridgehead atoms. The smallest absolute Gasteiger partial charge is 0.133 e. The number of rotatable bonds is 2. The first-order valence-electron chi connectivity index (χ1n) is 7.07. The molecule has 2 fully saturated rings. The Hall–Kier alpha value is -0.370. The third-order valence-corrected chi connectivity index (χ3v) is 5.37. The first-order chi connectivity index (χ1) is 7.84. The molecule has 17 heavy (non-hydrogen) atoms. The monoisotopic (exact) mass is 238 g/mol. The number of ketones is 1. The van der Waals surface area contributed by atoms with Gasteiger partial charge in [0.05, 0.1) is 5.60 Å². The van der Waals surface area contributed by atoms with Crippen LogP contribution in [0.25, 0.3) is 0 Å². The van der Waals surface area contributed by atoms with Crippen molar-refractivity contribution in [2.24, 2.45) is 29.6 Å². The van der Waals surface area contributed by atoms with Gasteiger partial charge in [0.15, 0.2) is 0 Å². The highest BCUT2D eigenvalue weighted by atomic mass is 16.3. The molecule has 0 saturated heterocycles. The second-order valence-electron chi connectivity index (χ2n) is 6.78. The summed E-state index contributed by atoms with van der Waals surface area (Å²) in [5.74, 6) is 2.56. The van der Waals surface area contributed by atoms with Crippen LogP contribution in [0.5, 0.6) is 0 Å². The molecule has 0 heterocycles. The van der Waals surface area contributed by atoms with Crippen molar-refractivity contribution in [3.8, 4) is 0 Å². The van der Waals surface area contributed by atoms with Crippen LogP contribution in [0.3, 0.4) is 0 Å². The lowest BCUT2D eigenvalue weighted by molar-refractivity contribution is -0.127. The third-order valence-electron chi connectivity index (χ3n) is 5.37. The summed E-state index contributed by atoms with van der Waals surface area (Å²) in [5.41, 5.74) is -0.541. The molecule has 0 aromatic rings. The lowest BCUT2D eigenvalue weighted by Crippen LogP contribution is -2.47. The highest BCUT2D eigenvalue weighted by Gasteiger charge is 2.53. The molecule has 98 valence electrons. The lowest BCUT2D eigenvalue weighted by Gasteiger charge is -2.46. The van der Waals surface area contributed by atoms with E-state index in [1.807, 2.05) is 6.92 Å². The van der Waals surface area contributed by atoms with E-state index in [0.29, 0.717) is 29.5 Å². The molecule has 0 unspecified atom stereocenters. The number of Topliss-reactive ketones (excluding diaryl/α,β-unsaturated/α-hetero) is 1. The van der Waals surface area contributed by atoms with Gasteiger partial charge in [0.1, 0.15) is 5.78 Å². The number of carbonyl (C=O) groups excluding carboxylic acids is 1. The topological polar surface area (TPSA) is 37.3 Å². The average molecular weight is 238 g/mol. The lowest BCUT2D eigenvalue weighted by atomic mass is 9.61. The van der Waals surface area contributed by atoms with E-state index in [2.05, 4.69) is 13.8 Å². The molecule has 2 nitrogen and oxygen atoms in total. The van der Waals surface area contributed by atoms with Gasteiger partial charge in [0.25, 0.3) is 0 Å². The summed E-state index contributed by atoms with van der Waals surface area (Å²) in [7, 11) is 0. The Morgan fingerprint density at radius 2 is 1.94 bits per heavy atom. The Morgan fingerprint density at radius 3 is 2.47 bits per heavy atom. The molecule has 5 atom stereocenters. The fraction of sp³-hybridized carbons (Fsp3) is 0.933. The molecule has 1 N–H and O–H groups in total. The predicted octanol–water partition coefficient (Wildman–Crippen LogP) is 3.03. The van der Waals surface area contributed by atoms with Crippen molar-refractivity contribution < 1.29 is 9.90 Å². The highest BCUT2D eigenvalue weighted by Crippen LogP contribution is 2.54. The van der Waals surface area contributed by atoms with Crippen LogP contribution in [-0.4, -0.2) is 16.5 Å². The van der Waals surface area contributed by atoms with Gasteiger partial charge in [-0.3, -0.25) is 4.79 Å². The van der Waals surface area contributed by atoms with Crippen LogP contribution in [0.4, 0.5) is 0 Å². The second kappa shape index (κ2) is 4.38. The van der Waals surface area contributed by atoms with Crippen LogP contribution >= 0.6 is 0 Å². The Labute approximate surface area is 105 Å².